The van der Waals surface area contributed by atoms with Gasteiger partial charge in [-0.2, -0.15) is 0 Å². The molecule has 0 amide bonds. The first kappa shape index (κ1) is 10.5. The molecule has 1 aromatic rings. The molecule has 1 fully saturated rings. The Bertz CT molecular complexity index is 321. The lowest BCUT2D eigenvalue weighted by atomic mass is 10.1. The van der Waals surface area contributed by atoms with Gasteiger partial charge in [0.15, 0.2) is 0 Å². The zero-order chi connectivity index (χ0) is 9.97. The normalized spacial score (nSPS) is 22.3. The van der Waals surface area contributed by atoms with Crippen LogP contribution in [-0.4, -0.2) is 12.3 Å². The van der Waals surface area contributed by atoms with Gasteiger partial charge in [-0.3, -0.25) is 0 Å². The Hall–Kier alpha value is 0.01000. The second kappa shape index (κ2) is 4.69. The minimum atomic E-state index is 0.496. The molecule has 0 saturated carbocycles. The van der Waals surface area contributed by atoms with Gasteiger partial charge in [0, 0.05) is 4.47 Å². The summed E-state index contributed by atoms with van der Waals surface area (Å²) in [6.45, 7) is 3.29. The summed E-state index contributed by atoms with van der Waals surface area (Å²) in [5.41, 5.74) is 2.71. The Balaban J connectivity index is 2.18. The number of halogens is 1. The summed E-state index contributed by atoms with van der Waals surface area (Å²) in [4.78, 5) is 0. The number of rotatable bonds is 1. The summed E-state index contributed by atoms with van der Waals surface area (Å²) >= 11 is 5.53. The van der Waals surface area contributed by atoms with Crippen LogP contribution in [0, 0.1) is 6.92 Å². The van der Waals surface area contributed by atoms with Gasteiger partial charge >= 0.3 is 0 Å². The van der Waals surface area contributed by atoms with E-state index >= 15 is 0 Å². The third kappa shape index (κ3) is 2.33. The quantitative estimate of drug-likeness (QED) is 0.840. The third-order valence-corrected chi connectivity index (χ3v) is 4.61. The highest BCUT2D eigenvalue weighted by atomic mass is 79.9. The van der Waals surface area contributed by atoms with Gasteiger partial charge in [-0.1, -0.05) is 28.1 Å². The monoisotopic (exact) mass is 271 g/mol. The average molecular weight is 272 g/mol. The lowest BCUT2D eigenvalue weighted by Crippen LogP contribution is -2.25. The predicted molar refractivity (Wildman–Crippen MR) is 66.7 cm³/mol. The van der Waals surface area contributed by atoms with Gasteiger partial charge in [-0.15, -0.1) is 11.8 Å². The minimum Gasteiger partial charge on any atom is -0.302 e. The molecule has 14 heavy (non-hydrogen) atoms. The molecule has 0 aromatic heterocycles. The topological polar surface area (TPSA) is 12.0 Å². The molecule has 1 aliphatic heterocycles. The van der Waals surface area contributed by atoms with Crippen LogP contribution in [0.5, 0.6) is 0 Å². The van der Waals surface area contributed by atoms with Crippen LogP contribution in [-0.2, 0) is 0 Å². The van der Waals surface area contributed by atoms with Crippen molar-refractivity contribution in [3.8, 4) is 0 Å². The molecule has 1 aliphatic rings. The number of benzene rings is 1. The fraction of sp³-hybridized carbons (Fsp3) is 0.455. The number of nitrogens with one attached hydrogen (secondary N) is 1. The smallest absolute Gasteiger partial charge is 0.0789 e. The van der Waals surface area contributed by atoms with Gasteiger partial charge < -0.3 is 5.32 Å². The van der Waals surface area contributed by atoms with Gasteiger partial charge in [0.2, 0.25) is 0 Å². The van der Waals surface area contributed by atoms with Gasteiger partial charge in [-0.05, 0) is 42.8 Å². The highest BCUT2D eigenvalue weighted by Crippen LogP contribution is 2.31. The van der Waals surface area contributed by atoms with Gasteiger partial charge in [-0.25, -0.2) is 0 Å². The predicted octanol–water partition coefficient (Wildman–Crippen LogP) is 3.48. The molecule has 1 atom stereocenters. The molecule has 1 unspecified atom stereocenters. The molecular weight excluding hydrogens is 258 g/mol. The van der Waals surface area contributed by atoms with E-state index in [9.17, 15) is 0 Å². The largest absolute Gasteiger partial charge is 0.302 e. The van der Waals surface area contributed by atoms with Crippen molar-refractivity contribution in [2.45, 2.75) is 18.7 Å². The molecule has 1 aromatic carbocycles. The Morgan fingerprint density at radius 2 is 2.36 bits per heavy atom. The van der Waals surface area contributed by atoms with E-state index in [2.05, 4.69) is 46.4 Å². The number of thioether (sulfide) groups is 1. The Morgan fingerprint density at radius 1 is 1.50 bits per heavy atom. The van der Waals surface area contributed by atoms with E-state index in [1.807, 2.05) is 11.8 Å². The van der Waals surface area contributed by atoms with Crippen LogP contribution in [0.4, 0.5) is 0 Å². The Labute approximate surface area is 97.8 Å². The molecule has 0 radical (unpaired) electrons. The van der Waals surface area contributed by atoms with E-state index in [-0.39, 0.29) is 0 Å². The van der Waals surface area contributed by atoms with Crippen LogP contribution in [0.2, 0.25) is 0 Å². The van der Waals surface area contributed by atoms with Crippen LogP contribution in [0.3, 0.4) is 0 Å². The van der Waals surface area contributed by atoms with Crippen LogP contribution in [0.1, 0.15) is 22.9 Å². The van der Waals surface area contributed by atoms with Crippen molar-refractivity contribution in [1.82, 2.24) is 5.32 Å². The first-order chi connectivity index (χ1) is 6.77. The SMILES string of the molecule is Cc1cc(C2NCCCS2)ccc1Br. The Morgan fingerprint density at radius 3 is 3.00 bits per heavy atom. The fourth-order valence-corrected chi connectivity index (χ4v) is 2.98. The molecule has 76 valence electrons. The van der Waals surface area contributed by atoms with Crippen molar-refractivity contribution in [2.24, 2.45) is 0 Å². The van der Waals surface area contributed by atoms with Crippen LogP contribution in [0.15, 0.2) is 22.7 Å². The van der Waals surface area contributed by atoms with Crippen LogP contribution < -0.4 is 5.32 Å². The molecule has 3 heteroatoms. The molecule has 0 bridgehead atoms. The minimum absolute atomic E-state index is 0.496. The van der Waals surface area contributed by atoms with Crippen molar-refractivity contribution in [3.63, 3.8) is 0 Å². The molecular formula is C11H14BrNS. The lowest BCUT2D eigenvalue weighted by molar-refractivity contribution is 0.643. The molecule has 1 nitrogen and oxygen atoms in total. The summed E-state index contributed by atoms with van der Waals surface area (Å²) in [6, 6.07) is 6.61. The van der Waals surface area contributed by atoms with Crippen molar-refractivity contribution >= 4 is 27.7 Å². The maximum absolute atomic E-state index is 3.53. The van der Waals surface area contributed by atoms with E-state index in [1.54, 1.807) is 0 Å². The summed E-state index contributed by atoms with van der Waals surface area (Å²) in [5, 5.41) is 4.03. The van der Waals surface area contributed by atoms with Gasteiger partial charge in [0.1, 0.15) is 0 Å². The molecule has 0 aliphatic carbocycles. The standard InChI is InChI=1S/C11H14BrNS/c1-8-7-9(3-4-10(8)12)11-13-5-2-6-14-11/h3-4,7,11,13H,2,5-6H2,1H3. The zero-order valence-electron chi connectivity index (χ0n) is 8.22. The summed E-state index contributed by atoms with van der Waals surface area (Å²) in [6.07, 6.45) is 1.29. The van der Waals surface area contributed by atoms with E-state index in [1.165, 1.54) is 27.8 Å². The third-order valence-electron chi connectivity index (χ3n) is 2.42. The number of hydrogen-bond donors (Lipinski definition) is 1. The van der Waals surface area contributed by atoms with Crippen molar-refractivity contribution < 1.29 is 0 Å². The molecule has 1 N–H and O–H groups in total. The summed E-state index contributed by atoms with van der Waals surface area (Å²) in [5.74, 6) is 1.27. The second-order valence-corrected chi connectivity index (χ2v) is 5.63. The first-order valence-electron chi connectivity index (χ1n) is 4.88. The maximum Gasteiger partial charge on any atom is 0.0789 e. The van der Waals surface area contributed by atoms with E-state index in [4.69, 9.17) is 0 Å². The van der Waals surface area contributed by atoms with Crippen molar-refractivity contribution in [2.75, 3.05) is 12.3 Å². The van der Waals surface area contributed by atoms with Crippen molar-refractivity contribution in [1.29, 1.82) is 0 Å². The molecule has 1 saturated heterocycles. The number of hydrogen-bond acceptors (Lipinski definition) is 2. The van der Waals surface area contributed by atoms with E-state index < -0.39 is 0 Å². The van der Waals surface area contributed by atoms with Gasteiger partial charge in [0.25, 0.3) is 0 Å². The highest BCUT2D eigenvalue weighted by Gasteiger charge is 2.15. The summed E-state index contributed by atoms with van der Waals surface area (Å²) in [7, 11) is 0. The molecule has 0 spiro atoms. The van der Waals surface area contributed by atoms with Crippen LogP contribution >= 0.6 is 27.7 Å². The maximum atomic E-state index is 3.53. The highest BCUT2D eigenvalue weighted by molar-refractivity contribution is 9.10. The molecule has 1 heterocycles. The van der Waals surface area contributed by atoms with Crippen molar-refractivity contribution in [3.05, 3.63) is 33.8 Å². The first-order valence-corrected chi connectivity index (χ1v) is 6.72. The van der Waals surface area contributed by atoms with Crippen LogP contribution in [0.25, 0.3) is 0 Å². The van der Waals surface area contributed by atoms with Gasteiger partial charge in [0.05, 0.1) is 5.37 Å². The molecule has 2 rings (SSSR count). The second-order valence-electron chi connectivity index (χ2n) is 3.57. The zero-order valence-corrected chi connectivity index (χ0v) is 10.6. The van der Waals surface area contributed by atoms with E-state index in [0.717, 1.165) is 6.54 Å². The Kier molecular flexibility index (Phi) is 3.52. The number of aryl methyl sites for hydroxylation is 1. The lowest BCUT2D eigenvalue weighted by Gasteiger charge is -2.23. The summed E-state index contributed by atoms with van der Waals surface area (Å²) < 4.78 is 1.20. The van der Waals surface area contributed by atoms with E-state index in [0.29, 0.717) is 5.37 Å². The average Bonchev–Trinajstić information content (AvgIpc) is 2.23. The fourth-order valence-electron chi connectivity index (χ4n) is 1.61.